The molecular formula is C20H20N4O2S2. The number of thioether (sulfide) groups is 1. The van der Waals surface area contributed by atoms with E-state index in [-0.39, 0.29) is 17.4 Å². The number of rotatable bonds is 5. The maximum absolute atomic E-state index is 12.3. The number of nitrogens with one attached hydrogen (secondary N) is 1. The average molecular weight is 413 g/mol. The van der Waals surface area contributed by atoms with Gasteiger partial charge in [-0.15, -0.1) is 11.3 Å². The quantitative estimate of drug-likeness (QED) is 0.372. The van der Waals surface area contributed by atoms with Crippen molar-refractivity contribution in [3.63, 3.8) is 0 Å². The van der Waals surface area contributed by atoms with Gasteiger partial charge in [0.15, 0.2) is 10.9 Å². The third-order valence-electron chi connectivity index (χ3n) is 4.73. The number of carbonyl (C=O) groups excluding carboxylic acids is 2. The van der Waals surface area contributed by atoms with Crippen molar-refractivity contribution in [3.8, 4) is 0 Å². The highest BCUT2D eigenvalue weighted by atomic mass is 32.2. The van der Waals surface area contributed by atoms with Crippen molar-refractivity contribution in [1.82, 2.24) is 9.97 Å². The number of ketones is 1. The maximum Gasteiger partial charge on any atom is 0.234 e. The van der Waals surface area contributed by atoms with E-state index in [1.807, 2.05) is 0 Å². The van der Waals surface area contributed by atoms with E-state index in [0.29, 0.717) is 22.2 Å². The highest BCUT2D eigenvalue weighted by Crippen LogP contribution is 2.38. The Kier molecular flexibility index (Phi) is 5.32. The summed E-state index contributed by atoms with van der Waals surface area (Å²) in [5, 5.41) is 4.28. The Morgan fingerprint density at radius 3 is 2.82 bits per heavy atom. The van der Waals surface area contributed by atoms with E-state index < -0.39 is 0 Å². The number of carbonyl (C=O) groups is 2. The van der Waals surface area contributed by atoms with Crippen molar-refractivity contribution in [1.29, 1.82) is 0 Å². The largest absolute Gasteiger partial charge is 0.383 e. The highest BCUT2D eigenvalue weighted by molar-refractivity contribution is 7.99. The van der Waals surface area contributed by atoms with Crippen molar-refractivity contribution >= 4 is 56.5 Å². The van der Waals surface area contributed by atoms with Gasteiger partial charge in [-0.25, -0.2) is 9.97 Å². The third kappa shape index (κ3) is 3.74. The third-order valence-corrected chi connectivity index (χ3v) is 6.77. The molecule has 1 aliphatic carbocycles. The van der Waals surface area contributed by atoms with Crippen LogP contribution in [0.4, 0.5) is 11.5 Å². The van der Waals surface area contributed by atoms with Crippen molar-refractivity contribution < 1.29 is 9.59 Å². The van der Waals surface area contributed by atoms with Crippen molar-refractivity contribution in [2.45, 2.75) is 37.8 Å². The standard InChI is InChI=1S/C20H20N4O2S2/c1-11(25)12-6-2-4-8-14(12)22-16(26)10-27-20-23-18(21)17-13-7-3-5-9-15(13)28-19(17)24-20/h2,4,6,8H,3,5,7,9-10H2,1H3,(H,22,26)(H2,21,23,24). The zero-order chi connectivity index (χ0) is 19.7. The molecule has 0 aliphatic heterocycles. The number of benzene rings is 1. The normalized spacial score (nSPS) is 13.3. The summed E-state index contributed by atoms with van der Waals surface area (Å²) in [5.74, 6) is 0.329. The second-order valence-electron chi connectivity index (χ2n) is 6.72. The molecule has 0 saturated carbocycles. The molecule has 8 heteroatoms. The maximum atomic E-state index is 12.3. The summed E-state index contributed by atoms with van der Waals surface area (Å²) in [6, 6.07) is 6.97. The van der Waals surface area contributed by atoms with E-state index in [0.717, 1.165) is 23.1 Å². The fourth-order valence-corrected chi connectivity index (χ4v) is 5.42. The molecule has 0 bridgehead atoms. The van der Waals surface area contributed by atoms with Crippen LogP contribution >= 0.6 is 23.1 Å². The molecule has 0 saturated heterocycles. The van der Waals surface area contributed by atoms with Crippen molar-refractivity contribution in [3.05, 3.63) is 40.3 Å². The first-order valence-electron chi connectivity index (χ1n) is 9.13. The Hall–Kier alpha value is -2.45. The molecule has 2 aromatic heterocycles. The van der Waals surface area contributed by atoms with Gasteiger partial charge in [0.2, 0.25) is 5.91 Å². The van der Waals surface area contributed by atoms with Crippen molar-refractivity contribution in [2.24, 2.45) is 0 Å². The zero-order valence-corrected chi connectivity index (χ0v) is 17.1. The van der Waals surface area contributed by atoms with Crippen LogP contribution in [0.3, 0.4) is 0 Å². The summed E-state index contributed by atoms with van der Waals surface area (Å²) in [6.45, 7) is 1.48. The summed E-state index contributed by atoms with van der Waals surface area (Å²) in [4.78, 5) is 35.3. The van der Waals surface area contributed by atoms with E-state index in [4.69, 9.17) is 5.73 Å². The molecule has 144 valence electrons. The zero-order valence-electron chi connectivity index (χ0n) is 15.4. The molecule has 2 heterocycles. The molecule has 0 fully saturated rings. The van der Waals surface area contributed by atoms with Crippen LogP contribution in [0.1, 0.15) is 40.6 Å². The number of hydrogen-bond acceptors (Lipinski definition) is 7. The average Bonchev–Trinajstić information content (AvgIpc) is 3.05. The number of anilines is 2. The Bertz CT molecular complexity index is 1080. The van der Waals surface area contributed by atoms with Gasteiger partial charge >= 0.3 is 0 Å². The molecule has 1 aromatic carbocycles. The lowest BCUT2D eigenvalue weighted by atomic mass is 9.97. The molecular weight excluding hydrogens is 392 g/mol. The fourth-order valence-electron chi connectivity index (χ4n) is 3.45. The summed E-state index contributed by atoms with van der Waals surface area (Å²) >= 11 is 2.93. The molecule has 0 unspecified atom stereocenters. The topological polar surface area (TPSA) is 98.0 Å². The molecule has 6 nitrogen and oxygen atoms in total. The lowest BCUT2D eigenvalue weighted by Gasteiger charge is -2.11. The number of Topliss-reactive ketones (excluding diaryl/α,β-unsaturated/α-hetero) is 1. The molecule has 3 N–H and O–H groups in total. The molecule has 3 aromatic rings. The number of aryl methyl sites for hydroxylation is 2. The molecule has 1 aliphatic rings. The number of aromatic nitrogens is 2. The number of thiophene rings is 1. The van der Waals surface area contributed by atoms with Crippen molar-refractivity contribution in [2.75, 3.05) is 16.8 Å². The number of para-hydroxylation sites is 1. The molecule has 1 amide bonds. The second kappa shape index (κ2) is 7.89. The van der Waals surface area contributed by atoms with Gasteiger partial charge in [0.25, 0.3) is 0 Å². The molecule has 0 spiro atoms. The Morgan fingerprint density at radius 1 is 1.21 bits per heavy atom. The Morgan fingerprint density at radius 2 is 2.00 bits per heavy atom. The van der Waals surface area contributed by atoms with Crippen LogP contribution in [-0.4, -0.2) is 27.4 Å². The van der Waals surface area contributed by atoms with Crippen LogP contribution in [0.25, 0.3) is 10.2 Å². The molecule has 4 rings (SSSR count). The van der Waals surface area contributed by atoms with Gasteiger partial charge < -0.3 is 11.1 Å². The molecule has 28 heavy (non-hydrogen) atoms. The highest BCUT2D eigenvalue weighted by Gasteiger charge is 2.20. The molecule has 0 atom stereocenters. The van der Waals surface area contributed by atoms with Gasteiger partial charge in [0.05, 0.1) is 16.8 Å². The first-order chi connectivity index (χ1) is 13.5. The van der Waals surface area contributed by atoms with Gasteiger partial charge in [-0.2, -0.15) is 0 Å². The first-order valence-corrected chi connectivity index (χ1v) is 10.9. The first kappa shape index (κ1) is 18.9. The number of fused-ring (bicyclic) bond motifs is 3. The van der Waals surface area contributed by atoms with E-state index in [2.05, 4.69) is 15.3 Å². The van der Waals surface area contributed by atoms with Crippen LogP contribution in [0.2, 0.25) is 0 Å². The lowest BCUT2D eigenvalue weighted by Crippen LogP contribution is -2.16. The van der Waals surface area contributed by atoms with E-state index in [9.17, 15) is 9.59 Å². The van der Waals surface area contributed by atoms with E-state index in [1.165, 1.54) is 42.0 Å². The number of amides is 1. The van der Waals surface area contributed by atoms with Gasteiger partial charge in [-0.3, -0.25) is 9.59 Å². The lowest BCUT2D eigenvalue weighted by molar-refractivity contribution is -0.113. The smallest absolute Gasteiger partial charge is 0.234 e. The summed E-state index contributed by atoms with van der Waals surface area (Å²) < 4.78 is 0. The summed E-state index contributed by atoms with van der Waals surface area (Å²) in [7, 11) is 0. The number of nitrogen functional groups attached to an aromatic ring is 1. The summed E-state index contributed by atoms with van der Waals surface area (Å²) in [5.41, 5.74) is 8.53. The van der Waals surface area contributed by atoms with Crippen LogP contribution in [0, 0.1) is 0 Å². The van der Waals surface area contributed by atoms with Gasteiger partial charge in [-0.1, -0.05) is 23.9 Å². The predicted octanol–water partition coefficient (Wildman–Crippen LogP) is 4.09. The summed E-state index contributed by atoms with van der Waals surface area (Å²) in [6.07, 6.45) is 4.50. The Labute approximate surface area is 170 Å². The van der Waals surface area contributed by atoms with Crippen LogP contribution in [0.15, 0.2) is 29.4 Å². The Balaban J connectivity index is 1.48. The van der Waals surface area contributed by atoms with Crippen LogP contribution < -0.4 is 11.1 Å². The van der Waals surface area contributed by atoms with Gasteiger partial charge in [0.1, 0.15) is 10.6 Å². The minimum absolute atomic E-state index is 0.0910. The predicted molar refractivity (Wildman–Crippen MR) is 114 cm³/mol. The van der Waals surface area contributed by atoms with Crippen LogP contribution in [-0.2, 0) is 17.6 Å². The van der Waals surface area contributed by atoms with Gasteiger partial charge in [-0.05, 0) is 50.3 Å². The minimum Gasteiger partial charge on any atom is -0.383 e. The number of nitrogens with zero attached hydrogens (tertiary/aromatic N) is 2. The van der Waals surface area contributed by atoms with Gasteiger partial charge in [0, 0.05) is 10.4 Å². The monoisotopic (exact) mass is 412 g/mol. The van der Waals surface area contributed by atoms with E-state index in [1.54, 1.807) is 35.6 Å². The second-order valence-corrected chi connectivity index (χ2v) is 8.75. The van der Waals surface area contributed by atoms with E-state index >= 15 is 0 Å². The fraction of sp³-hybridized carbons (Fsp3) is 0.300. The SMILES string of the molecule is CC(=O)c1ccccc1NC(=O)CSc1nc(N)c2c3c(sc2n1)CCCC3. The minimum atomic E-state index is -0.216. The molecule has 0 radical (unpaired) electrons. The number of nitrogens with two attached hydrogens (primary N) is 1. The number of hydrogen-bond donors (Lipinski definition) is 2. The van der Waals surface area contributed by atoms with Crippen LogP contribution in [0.5, 0.6) is 0 Å².